The molecule has 0 aromatic heterocycles. The molecular formula is C18H14N2O4. The Morgan fingerprint density at radius 2 is 1.79 bits per heavy atom. The molecule has 0 atom stereocenters. The summed E-state index contributed by atoms with van der Waals surface area (Å²) in [5, 5.41) is 24.2. The first-order valence-corrected chi connectivity index (χ1v) is 7.20. The number of hydrogen-bond donors (Lipinski definition) is 2. The summed E-state index contributed by atoms with van der Waals surface area (Å²) in [5.41, 5.74) is 2.03. The maximum absolute atomic E-state index is 12.6. The van der Waals surface area contributed by atoms with Gasteiger partial charge in [0.05, 0.1) is 22.5 Å². The zero-order valence-corrected chi connectivity index (χ0v) is 12.8. The van der Waals surface area contributed by atoms with Gasteiger partial charge < -0.3 is 10.2 Å². The highest BCUT2D eigenvalue weighted by Crippen LogP contribution is 2.27. The maximum atomic E-state index is 12.6. The van der Waals surface area contributed by atoms with E-state index in [-0.39, 0.29) is 17.2 Å². The van der Waals surface area contributed by atoms with Gasteiger partial charge in [0, 0.05) is 5.56 Å². The summed E-state index contributed by atoms with van der Waals surface area (Å²) in [6.07, 6.45) is 1.59. The average molecular weight is 322 g/mol. The van der Waals surface area contributed by atoms with Crippen LogP contribution in [0.15, 0.2) is 59.2 Å². The third-order valence-corrected chi connectivity index (χ3v) is 3.66. The zero-order chi connectivity index (χ0) is 17.3. The van der Waals surface area contributed by atoms with E-state index >= 15 is 0 Å². The van der Waals surface area contributed by atoms with Crippen LogP contribution in [0.25, 0.3) is 6.08 Å². The lowest BCUT2D eigenvalue weighted by molar-refractivity contribution is -0.114. The second kappa shape index (κ2) is 6.00. The van der Waals surface area contributed by atoms with Crippen molar-refractivity contribution in [2.24, 2.45) is 5.10 Å². The van der Waals surface area contributed by atoms with Crippen molar-refractivity contribution in [2.45, 2.75) is 6.92 Å². The number of aromatic carboxylic acids is 1. The molecule has 2 aromatic rings. The fourth-order valence-electron chi connectivity index (χ4n) is 2.37. The fraction of sp³-hybridized carbons (Fsp3) is 0.0556. The van der Waals surface area contributed by atoms with Gasteiger partial charge in [-0.25, -0.2) is 4.79 Å². The number of amides is 1. The molecular weight excluding hydrogens is 308 g/mol. The van der Waals surface area contributed by atoms with Gasteiger partial charge in [0.1, 0.15) is 5.75 Å². The van der Waals surface area contributed by atoms with Crippen LogP contribution in [-0.4, -0.2) is 27.8 Å². The second-order valence-corrected chi connectivity index (χ2v) is 5.27. The van der Waals surface area contributed by atoms with Gasteiger partial charge in [-0.05, 0) is 43.3 Å². The van der Waals surface area contributed by atoms with Crippen LogP contribution in [0.2, 0.25) is 0 Å². The zero-order valence-electron chi connectivity index (χ0n) is 12.8. The van der Waals surface area contributed by atoms with Crippen LogP contribution < -0.4 is 5.01 Å². The highest BCUT2D eigenvalue weighted by molar-refractivity contribution is 6.32. The molecule has 1 heterocycles. The minimum Gasteiger partial charge on any atom is -0.507 e. The lowest BCUT2D eigenvalue weighted by Gasteiger charge is -2.11. The number of phenolic OH excluding ortho intramolecular Hbond substituents is 1. The summed E-state index contributed by atoms with van der Waals surface area (Å²) in [6, 6.07) is 12.6. The van der Waals surface area contributed by atoms with Gasteiger partial charge in [-0.3, -0.25) is 4.79 Å². The van der Waals surface area contributed by atoms with Crippen LogP contribution >= 0.6 is 0 Å². The molecule has 0 saturated carbocycles. The van der Waals surface area contributed by atoms with E-state index in [1.165, 1.54) is 29.3 Å². The molecule has 0 bridgehead atoms. The van der Waals surface area contributed by atoms with E-state index in [1.54, 1.807) is 37.3 Å². The van der Waals surface area contributed by atoms with E-state index in [0.717, 1.165) is 0 Å². The van der Waals surface area contributed by atoms with Crippen molar-refractivity contribution < 1.29 is 19.8 Å². The van der Waals surface area contributed by atoms with Gasteiger partial charge in [-0.15, -0.1) is 0 Å². The Morgan fingerprint density at radius 1 is 1.12 bits per heavy atom. The number of carboxylic acids is 1. The van der Waals surface area contributed by atoms with Crippen LogP contribution in [-0.2, 0) is 4.79 Å². The van der Waals surface area contributed by atoms with E-state index in [4.69, 9.17) is 5.11 Å². The van der Waals surface area contributed by atoms with Crippen molar-refractivity contribution in [1.29, 1.82) is 0 Å². The van der Waals surface area contributed by atoms with E-state index in [1.807, 2.05) is 0 Å². The normalized spacial score (nSPS) is 15.7. The molecule has 2 N–H and O–H groups in total. The molecule has 120 valence electrons. The number of carbonyl (C=O) groups excluding carboxylic acids is 1. The van der Waals surface area contributed by atoms with Crippen LogP contribution in [0.5, 0.6) is 5.75 Å². The lowest BCUT2D eigenvalue weighted by atomic mass is 10.1. The first-order valence-electron chi connectivity index (χ1n) is 7.20. The molecule has 2 aromatic carbocycles. The third kappa shape index (κ3) is 2.77. The Morgan fingerprint density at radius 3 is 2.42 bits per heavy atom. The van der Waals surface area contributed by atoms with E-state index in [0.29, 0.717) is 22.5 Å². The van der Waals surface area contributed by atoms with E-state index < -0.39 is 5.97 Å². The second-order valence-electron chi connectivity index (χ2n) is 5.27. The highest BCUT2D eigenvalue weighted by Gasteiger charge is 2.29. The SMILES string of the molecule is CC1=NN(c2ccc(C(=O)O)cc2)C(=O)/C1=C/c1ccccc1O. The molecule has 6 heteroatoms. The topological polar surface area (TPSA) is 90.2 Å². The summed E-state index contributed by atoms with van der Waals surface area (Å²) < 4.78 is 0. The van der Waals surface area contributed by atoms with Gasteiger partial charge in [0.15, 0.2) is 0 Å². The molecule has 0 fully saturated rings. The number of aromatic hydroxyl groups is 1. The van der Waals surface area contributed by atoms with Gasteiger partial charge in [-0.1, -0.05) is 18.2 Å². The predicted octanol–water partition coefficient (Wildman–Crippen LogP) is 2.90. The standard InChI is InChI=1S/C18H14N2O4/c1-11-15(10-13-4-2-3-5-16(13)21)17(22)20(19-11)14-8-6-12(7-9-14)18(23)24/h2-10,21H,1H3,(H,23,24)/b15-10+. The lowest BCUT2D eigenvalue weighted by Crippen LogP contribution is -2.21. The molecule has 0 radical (unpaired) electrons. The Labute approximate surface area is 138 Å². The molecule has 1 amide bonds. The summed E-state index contributed by atoms with van der Waals surface area (Å²) in [5.74, 6) is -1.29. The fourth-order valence-corrected chi connectivity index (χ4v) is 2.37. The largest absolute Gasteiger partial charge is 0.507 e. The van der Waals surface area contributed by atoms with Crippen LogP contribution in [0.3, 0.4) is 0 Å². The Bertz CT molecular complexity index is 882. The molecule has 3 rings (SSSR count). The number of carboxylic acid groups (broad SMARTS) is 1. The maximum Gasteiger partial charge on any atom is 0.335 e. The summed E-state index contributed by atoms with van der Waals surface area (Å²) in [7, 11) is 0. The first-order chi connectivity index (χ1) is 11.5. The van der Waals surface area contributed by atoms with Crippen molar-refractivity contribution in [2.75, 3.05) is 5.01 Å². The number of hydrazone groups is 1. The minimum atomic E-state index is -1.03. The van der Waals surface area contributed by atoms with Crippen molar-refractivity contribution >= 4 is 29.4 Å². The third-order valence-electron chi connectivity index (χ3n) is 3.66. The van der Waals surface area contributed by atoms with Crippen molar-refractivity contribution in [3.8, 4) is 5.75 Å². The molecule has 1 aliphatic heterocycles. The van der Waals surface area contributed by atoms with Crippen LogP contribution in [0.1, 0.15) is 22.8 Å². The van der Waals surface area contributed by atoms with E-state index in [2.05, 4.69) is 5.10 Å². The number of nitrogens with zero attached hydrogens (tertiary/aromatic N) is 2. The number of hydrogen-bond acceptors (Lipinski definition) is 4. The molecule has 0 unspecified atom stereocenters. The molecule has 1 aliphatic rings. The number of phenols is 1. The highest BCUT2D eigenvalue weighted by atomic mass is 16.4. The molecule has 0 saturated heterocycles. The average Bonchev–Trinajstić information content (AvgIpc) is 2.85. The number of benzene rings is 2. The van der Waals surface area contributed by atoms with Gasteiger partial charge in [0.2, 0.25) is 0 Å². The number of carbonyl (C=O) groups is 2. The smallest absolute Gasteiger partial charge is 0.335 e. The predicted molar refractivity (Wildman–Crippen MR) is 90.1 cm³/mol. The number of anilines is 1. The van der Waals surface area contributed by atoms with Crippen molar-refractivity contribution in [1.82, 2.24) is 0 Å². The summed E-state index contributed by atoms with van der Waals surface area (Å²) >= 11 is 0. The molecule has 0 spiro atoms. The number of para-hydroxylation sites is 1. The summed E-state index contributed by atoms with van der Waals surface area (Å²) in [4.78, 5) is 23.5. The van der Waals surface area contributed by atoms with Gasteiger partial charge in [0.25, 0.3) is 5.91 Å². The Balaban J connectivity index is 1.93. The van der Waals surface area contributed by atoms with Gasteiger partial charge >= 0.3 is 5.97 Å². The Kier molecular flexibility index (Phi) is 3.87. The minimum absolute atomic E-state index is 0.0786. The Hall–Kier alpha value is -3.41. The quantitative estimate of drug-likeness (QED) is 0.850. The molecule has 0 aliphatic carbocycles. The monoisotopic (exact) mass is 322 g/mol. The van der Waals surface area contributed by atoms with Crippen molar-refractivity contribution in [3.05, 3.63) is 65.2 Å². The van der Waals surface area contributed by atoms with E-state index in [9.17, 15) is 14.7 Å². The molecule has 6 nitrogen and oxygen atoms in total. The van der Waals surface area contributed by atoms with Crippen LogP contribution in [0.4, 0.5) is 5.69 Å². The number of rotatable bonds is 3. The first kappa shape index (κ1) is 15.5. The summed E-state index contributed by atoms with van der Waals surface area (Å²) in [6.45, 7) is 1.70. The molecule has 24 heavy (non-hydrogen) atoms. The van der Waals surface area contributed by atoms with Gasteiger partial charge in [-0.2, -0.15) is 10.1 Å². The van der Waals surface area contributed by atoms with Crippen molar-refractivity contribution in [3.63, 3.8) is 0 Å². The van der Waals surface area contributed by atoms with Crippen LogP contribution in [0, 0.1) is 0 Å².